The Morgan fingerprint density at radius 2 is 2.13 bits per heavy atom. The smallest absolute Gasteiger partial charge is 0.222 e. The first-order valence-corrected chi connectivity index (χ1v) is 5.29. The molecule has 0 saturated heterocycles. The Hall–Kier alpha value is -1.36. The maximum atomic E-state index is 13.2. The van der Waals surface area contributed by atoms with Gasteiger partial charge in [-0.3, -0.25) is 0 Å². The summed E-state index contributed by atoms with van der Waals surface area (Å²) in [6.07, 6.45) is 3.13. The van der Waals surface area contributed by atoms with Crippen LogP contribution in [0.2, 0.25) is 0 Å². The van der Waals surface area contributed by atoms with Gasteiger partial charge in [-0.2, -0.15) is 0 Å². The van der Waals surface area contributed by atoms with Crippen LogP contribution in [0.3, 0.4) is 0 Å². The van der Waals surface area contributed by atoms with Crippen LogP contribution in [-0.2, 0) is 6.42 Å². The third-order valence-electron chi connectivity index (χ3n) is 2.38. The highest BCUT2D eigenvalue weighted by atomic mass is 19.1. The fraction of sp³-hybridized carbons (Fsp3) is 0.462. The van der Waals surface area contributed by atoms with Crippen LogP contribution in [0, 0.1) is 18.3 Å². The number of aryl methyl sites for hydroxylation is 1. The van der Waals surface area contributed by atoms with Gasteiger partial charge in [-0.1, -0.05) is 32.4 Å². The molecule has 0 amide bonds. The summed E-state index contributed by atoms with van der Waals surface area (Å²) in [5.41, 5.74) is 1.10. The van der Waals surface area contributed by atoms with Crippen molar-refractivity contribution in [1.82, 2.24) is 0 Å². The summed E-state index contributed by atoms with van der Waals surface area (Å²) in [6, 6.07) is 4.89. The summed E-state index contributed by atoms with van der Waals surface area (Å²) in [4.78, 5) is 3.09. The van der Waals surface area contributed by atoms with Crippen LogP contribution in [-0.4, -0.2) is 0 Å². The molecule has 0 bridgehead atoms. The minimum Gasteiger partial charge on any atom is -0.235 e. The lowest BCUT2D eigenvalue weighted by Crippen LogP contribution is -1.91. The molecule has 0 N–H and O–H groups in total. The molecule has 1 nitrogen and oxygen atoms in total. The van der Waals surface area contributed by atoms with Gasteiger partial charge in [0.2, 0.25) is 5.69 Å². The second-order valence-electron chi connectivity index (χ2n) is 4.18. The molecule has 0 aliphatic carbocycles. The van der Waals surface area contributed by atoms with Gasteiger partial charge >= 0.3 is 0 Å². The first-order valence-electron chi connectivity index (χ1n) is 5.29. The van der Waals surface area contributed by atoms with Crippen molar-refractivity contribution < 1.29 is 4.39 Å². The van der Waals surface area contributed by atoms with Crippen LogP contribution in [0.4, 0.5) is 10.1 Å². The Morgan fingerprint density at radius 3 is 2.67 bits per heavy atom. The van der Waals surface area contributed by atoms with Gasteiger partial charge < -0.3 is 0 Å². The van der Waals surface area contributed by atoms with Crippen LogP contribution in [0.1, 0.15) is 32.3 Å². The number of benzene rings is 1. The number of nitrogens with zero attached hydrogens (tertiary/aromatic N) is 1. The standard InChI is InChI=1S/C13H16FN/c1-10(2)5-4-6-11-7-8-13(15-3)12(14)9-11/h7-10H,4-6H2,1-2H3. The predicted molar refractivity (Wildman–Crippen MR) is 60.4 cm³/mol. The fourth-order valence-corrected chi connectivity index (χ4v) is 1.51. The molecule has 15 heavy (non-hydrogen) atoms. The zero-order valence-electron chi connectivity index (χ0n) is 9.26. The number of hydrogen-bond acceptors (Lipinski definition) is 0. The fourth-order valence-electron chi connectivity index (χ4n) is 1.51. The number of hydrogen-bond donors (Lipinski definition) is 0. The van der Waals surface area contributed by atoms with Crippen molar-refractivity contribution in [3.8, 4) is 0 Å². The Kier molecular flexibility index (Phi) is 4.30. The first kappa shape index (κ1) is 11.7. The van der Waals surface area contributed by atoms with Gasteiger partial charge in [0.25, 0.3) is 0 Å². The summed E-state index contributed by atoms with van der Waals surface area (Å²) in [6.45, 7) is 11.1. The van der Waals surface area contributed by atoms with Crippen molar-refractivity contribution in [2.75, 3.05) is 0 Å². The molecule has 0 aliphatic heterocycles. The van der Waals surface area contributed by atoms with E-state index in [1.807, 2.05) is 6.07 Å². The van der Waals surface area contributed by atoms with E-state index in [0.717, 1.165) is 24.8 Å². The number of halogens is 1. The maximum Gasteiger partial charge on any atom is 0.222 e. The third kappa shape index (κ3) is 3.71. The van der Waals surface area contributed by atoms with E-state index in [0.29, 0.717) is 5.92 Å². The van der Waals surface area contributed by atoms with E-state index in [1.54, 1.807) is 6.07 Å². The van der Waals surface area contributed by atoms with Gasteiger partial charge in [-0.05, 0) is 30.4 Å². The van der Waals surface area contributed by atoms with Crippen LogP contribution in [0.5, 0.6) is 0 Å². The molecular formula is C13H16FN. The van der Waals surface area contributed by atoms with Gasteiger partial charge in [0.1, 0.15) is 5.82 Å². The summed E-state index contributed by atoms with van der Waals surface area (Å²) in [5.74, 6) is 0.296. The van der Waals surface area contributed by atoms with Gasteiger partial charge in [-0.25, -0.2) is 9.24 Å². The van der Waals surface area contributed by atoms with E-state index in [2.05, 4.69) is 18.7 Å². The molecule has 1 rings (SSSR count). The first-order chi connectivity index (χ1) is 7.13. The van der Waals surface area contributed by atoms with Gasteiger partial charge in [0.05, 0.1) is 6.57 Å². The van der Waals surface area contributed by atoms with E-state index < -0.39 is 5.82 Å². The summed E-state index contributed by atoms with van der Waals surface area (Å²) < 4.78 is 13.2. The summed E-state index contributed by atoms with van der Waals surface area (Å²) in [7, 11) is 0. The van der Waals surface area contributed by atoms with Crippen LogP contribution >= 0.6 is 0 Å². The average molecular weight is 205 g/mol. The molecule has 80 valence electrons. The predicted octanol–water partition coefficient (Wildman–Crippen LogP) is 4.36. The summed E-state index contributed by atoms with van der Waals surface area (Å²) in [5, 5.41) is 0. The molecule has 0 heterocycles. The van der Waals surface area contributed by atoms with E-state index in [9.17, 15) is 4.39 Å². The van der Waals surface area contributed by atoms with Crippen LogP contribution in [0.15, 0.2) is 18.2 Å². The molecule has 0 atom stereocenters. The highest BCUT2D eigenvalue weighted by Gasteiger charge is 2.03. The van der Waals surface area contributed by atoms with E-state index in [4.69, 9.17) is 6.57 Å². The lowest BCUT2D eigenvalue weighted by atomic mass is 10.0. The Morgan fingerprint density at radius 1 is 1.40 bits per heavy atom. The van der Waals surface area contributed by atoms with Crippen molar-refractivity contribution in [2.45, 2.75) is 33.1 Å². The summed E-state index contributed by atoms with van der Waals surface area (Å²) >= 11 is 0. The molecule has 0 unspecified atom stereocenters. The van der Waals surface area contributed by atoms with Crippen molar-refractivity contribution in [3.05, 3.63) is 41.0 Å². The average Bonchev–Trinajstić information content (AvgIpc) is 2.17. The molecule has 0 aromatic heterocycles. The molecule has 0 spiro atoms. The molecule has 1 aromatic rings. The molecule has 0 aliphatic rings. The van der Waals surface area contributed by atoms with Gasteiger partial charge in [0, 0.05) is 0 Å². The molecule has 1 aromatic carbocycles. The van der Waals surface area contributed by atoms with Crippen molar-refractivity contribution >= 4 is 5.69 Å². The van der Waals surface area contributed by atoms with Crippen LogP contribution in [0.25, 0.3) is 4.85 Å². The molecule has 2 heteroatoms. The minimum atomic E-state index is -0.396. The number of rotatable bonds is 4. The second-order valence-corrected chi connectivity index (χ2v) is 4.18. The van der Waals surface area contributed by atoms with Crippen molar-refractivity contribution in [1.29, 1.82) is 0 Å². The van der Waals surface area contributed by atoms with Crippen molar-refractivity contribution in [2.24, 2.45) is 5.92 Å². The lowest BCUT2D eigenvalue weighted by molar-refractivity contribution is 0.554. The Bertz CT molecular complexity index is 363. The Balaban J connectivity index is 2.57. The highest BCUT2D eigenvalue weighted by Crippen LogP contribution is 2.20. The topological polar surface area (TPSA) is 4.36 Å². The van der Waals surface area contributed by atoms with E-state index in [1.165, 1.54) is 6.07 Å². The normalized spacial score (nSPS) is 10.3. The molecule has 0 radical (unpaired) electrons. The zero-order chi connectivity index (χ0) is 11.3. The monoisotopic (exact) mass is 205 g/mol. The molecule has 0 saturated carbocycles. The van der Waals surface area contributed by atoms with Gasteiger partial charge in [0.15, 0.2) is 0 Å². The molecule has 0 fully saturated rings. The maximum absolute atomic E-state index is 13.2. The van der Waals surface area contributed by atoms with Crippen molar-refractivity contribution in [3.63, 3.8) is 0 Å². The minimum absolute atomic E-state index is 0.114. The van der Waals surface area contributed by atoms with E-state index in [-0.39, 0.29) is 5.69 Å². The highest BCUT2D eigenvalue weighted by molar-refractivity contribution is 5.47. The molecular weight excluding hydrogens is 189 g/mol. The van der Waals surface area contributed by atoms with Crippen LogP contribution < -0.4 is 0 Å². The lowest BCUT2D eigenvalue weighted by Gasteiger charge is -2.05. The SMILES string of the molecule is [C-]#[N+]c1ccc(CCCC(C)C)cc1F. The van der Waals surface area contributed by atoms with E-state index >= 15 is 0 Å². The zero-order valence-corrected chi connectivity index (χ0v) is 9.26. The largest absolute Gasteiger partial charge is 0.235 e. The second kappa shape index (κ2) is 5.50. The quantitative estimate of drug-likeness (QED) is 0.643. The third-order valence-corrected chi connectivity index (χ3v) is 2.38. The Labute approximate surface area is 90.8 Å². The van der Waals surface area contributed by atoms with Gasteiger partial charge in [-0.15, -0.1) is 0 Å².